The summed E-state index contributed by atoms with van der Waals surface area (Å²) in [7, 11) is 1.28. The van der Waals surface area contributed by atoms with Crippen molar-refractivity contribution in [3.63, 3.8) is 0 Å². The number of nitrogens with zero attached hydrogens (tertiary/aromatic N) is 1. The van der Waals surface area contributed by atoms with Crippen molar-refractivity contribution in [2.24, 2.45) is 5.92 Å². The van der Waals surface area contributed by atoms with Crippen LogP contribution in [0.25, 0.3) is 11.1 Å². The zero-order valence-electron chi connectivity index (χ0n) is 14.7. The van der Waals surface area contributed by atoms with Crippen LogP contribution in [0.3, 0.4) is 0 Å². The molecule has 1 aliphatic carbocycles. The van der Waals surface area contributed by atoms with Gasteiger partial charge in [-0.05, 0) is 22.3 Å². The molecule has 0 bridgehead atoms. The summed E-state index contributed by atoms with van der Waals surface area (Å²) in [5.74, 6) is -1.63. The van der Waals surface area contributed by atoms with Crippen molar-refractivity contribution in [1.29, 1.82) is 5.26 Å². The van der Waals surface area contributed by atoms with Crippen LogP contribution in [0.1, 0.15) is 30.4 Å². The Labute approximate surface area is 152 Å². The Bertz CT molecular complexity index is 839. The number of carbonyl (C=O) groups is 2. The van der Waals surface area contributed by atoms with Crippen molar-refractivity contribution < 1.29 is 14.3 Å². The summed E-state index contributed by atoms with van der Waals surface area (Å²) in [6, 6.07) is 16.8. The van der Waals surface area contributed by atoms with Gasteiger partial charge in [-0.2, -0.15) is 5.26 Å². The number of fused-ring (bicyclic) bond motifs is 3. The minimum atomic E-state index is -0.855. The average molecular weight is 348 g/mol. The molecule has 2 atom stereocenters. The second kappa shape index (κ2) is 7.40. The Morgan fingerprint density at radius 2 is 1.65 bits per heavy atom. The van der Waals surface area contributed by atoms with Gasteiger partial charge in [0.2, 0.25) is 5.91 Å². The molecule has 2 aromatic carbocycles. The van der Waals surface area contributed by atoms with E-state index in [1.54, 1.807) is 6.92 Å². The van der Waals surface area contributed by atoms with Crippen molar-refractivity contribution >= 4 is 11.9 Å². The molecule has 26 heavy (non-hydrogen) atoms. The molecule has 132 valence electrons. The lowest BCUT2D eigenvalue weighted by Gasteiger charge is -2.23. The van der Waals surface area contributed by atoms with E-state index in [1.807, 2.05) is 54.6 Å². The molecule has 1 aliphatic rings. The smallest absolute Gasteiger partial charge is 0.328 e. The fourth-order valence-corrected chi connectivity index (χ4v) is 3.50. The summed E-state index contributed by atoms with van der Waals surface area (Å²) < 4.78 is 4.82. The Balaban J connectivity index is 1.94. The number of hydrogen-bond donors (Lipinski definition) is 1. The number of carbonyl (C=O) groups excluding carboxylic acids is 2. The van der Waals surface area contributed by atoms with Gasteiger partial charge in [-0.25, -0.2) is 4.79 Å². The first-order chi connectivity index (χ1) is 12.6. The molecule has 0 saturated carbocycles. The van der Waals surface area contributed by atoms with Gasteiger partial charge < -0.3 is 10.1 Å². The first-order valence-electron chi connectivity index (χ1n) is 8.51. The number of ether oxygens (including phenoxy) is 1. The SMILES string of the molecule is COC(=O)[C@@H](NC(=O)C1c2ccccc2-c2ccccc21)[C@@H](C)CC#N. The number of nitriles is 1. The molecule has 0 fully saturated rings. The quantitative estimate of drug-likeness (QED) is 0.843. The standard InChI is InChI=1S/C21H20N2O3/c1-13(11-12-22)19(21(25)26-2)23-20(24)18-16-9-5-3-7-14(16)15-8-4-6-10-17(15)18/h3-10,13,18-19H,11H2,1-2H3,(H,23,24)/t13-,19-/m0/s1. The van der Waals surface area contributed by atoms with Crippen LogP contribution >= 0.6 is 0 Å². The van der Waals surface area contributed by atoms with E-state index in [2.05, 4.69) is 5.32 Å². The van der Waals surface area contributed by atoms with E-state index in [4.69, 9.17) is 10.00 Å². The van der Waals surface area contributed by atoms with Crippen molar-refractivity contribution in [3.05, 3.63) is 59.7 Å². The van der Waals surface area contributed by atoms with Crippen molar-refractivity contribution in [2.75, 3.05) is 7.11 Å². The van der Waals surface area contributed by atoms with Gasteiger partial charge in [-0.15, -0.1) is 0 Å². The molecule has 1 N–H and O–H groups in total. The van der Waals surface area contributed by atoms with Crippen LogP contribution in [0.15, 0.2) is 48.5 Å². The lowest BCUT2D eigenvalue weighted by atomic mass is 9.93. The third-order valence-corrected chi connectivity index (χ3v) is 4.83. The highest BCUT2D eigenvalue weighted by molar-refractivity contribution is 5.97. The number of hydrogen-bond acceptors (Lipinski definition) is 4. The van der Waals surface area contributed by atoms with E-state index in [9.17, 15) is 9.59 Å². The number of benzene rings is 2. The maximum absolute atomic E-state index is 13.1. The Morgan fingerprint density at radius 1 is 1.12 bits per heavy atom. The van der Waals surface area contributed by atoms with E-state index < -0.39 is 17.9 Å². The maximum Gasteiger partial charge on any atom is 0.328 e. The van der Waals surface area contributed by atoms with E-state index in [-0.39, 0.29) is 18.2 Å². The van der Waals surface area contributed by atoms with E-state index in [0.29, 0.717) is 0 Å². The third-order valence-electron chi connectivity index (χ3n) is 4.83. The van der Waals surface area contributed by atoms with Crippen molar-refractivity contribution in [2.45, 2.75) is 25.3 Å². The van der Waals surface area contributed by atoms with Crippen LogP contribution < -0.4 is 5.32 Å². The van der Waals surface area contributed by atoms with Gasteiger partial charge in [0.1, 0.15) is 6.04 Å². The lowest BCUT2D eigenvalue weighted by Crippen LogP contribution is -2.47. The summed E-state index contributed by atoms with van der Waals surface area (Å²) in [6.07, 6.45) is 0.151. The zero-order valence-corrected chi connectivity index (χ0v) is 14.7. The summed E-state index contributed by atoms with van der Waals surface area (Å²) in [5.41, 5.74) is 3.90. The number of nitrogens with one attached hydrogen (secondary N) is 1. The fourth-order valence-electron chi connectivity index (χ4n) is 3.50. The fraction of sp³-hybridized carbons (Fsp3) is 0.286. The molecule has 0 heterocycles. The highest BCUT2D eigenvalue weighted by atomic mass is 16.5. The Morgan fingerprint density at radius 3 is 2.15 bits per heavy atom. The lowest BCUT2D eigenvalue weighted by molar-refractivity contribution is -0.146. The molecular weight excluding hydrogens is 328 g/mol. The first-order valence-corrected chi connectivity index (χ1v) is 8.51. The van der Waals surface area contributed by atoms with Crippen LogP contribution in [0.5, 0.6) is 0 Å². The molecule has 5 nitrogen and oxygen atoms in total. The highest BCUT2D eigenvalue weighted by Gasteiger charge is 2.36. The predicted molar refractivity (Wildman–Crippen MR) is 97.1 cm³/mol. The van der Waals surface area contributed by atoms with E-state index in [0.717, 1.165) is 22.3 Å². The molecule has 3 rings (SSSR count). The first kappa shape index (κ1) is 17.7. The van der Waals surface area contributed by atoms with E-state index >= 15 is 0 Å². The molecule has 0 radical (unpaired) electrons. The minimum absolute atomic E-state index is 0.151. The van der Waals surface area contributed by atoms with Crippen molar-refractivity contribution in [3.8, 4) is 17.2 Å². The summed E-state index contributed by atoms with van der Waals surface area (Å²) in [5, 5.41) is 11.7. The highest BCUT2D eigenvalue weighted by Crippen LogP contribution is 2.44. The maximum atomic E-state index is 13.1. The summed E-state index contributed by atoms with van der Waals surface area (Å²) >= 11 is 0. The van der Waals surface area contributed by atoms with Crippen LogP contribution in [0, 0.1) is 17.2 Å². The normalized spacial score (nSPS) is 14.5. The molecule has 0 unspecified atom stereocenters. The molecule has 2 aromatic rings. The van der Waals surface area contributed by atoms with Crippen LogP contribution in [0.4, 0.5) is 0 Å². The summed E-state index contributed by atoms with van der Waals surface area (Å²) in [4.78, 5) is 25.2. The number of rotatable bonds is 5. The van der Waals surface area contributed by atoms with Crippen molar-refractivity contribution in [1.82, 2.24) is 5.32 Å². The second-order valence-corrected chi connectivity index (χ2v) is 6.46. The number of esters is 1. The van der Waals surface area contributed by atoms with Gasteiger partial charge in [0.25, 0.3) is 0 Å². The van der Waals surface area contributed by atoms with Crippen LogP contribution in [-0.4, -0.2) is 25.0 Å². The van der Waals surface area contributed by atoms with Gasteiger partial charge in [0.15, 0.2) is 0 Å². The number of methoxy groups -OCH3 is 1. The Hall–Kier alpha value is -3.13. The molecule has 0 spiro atoms. The predicted octanol–water partition coefficient (Wildman–Crippen LogP) is 3.01. The molecule has 5 heteroatoms. The van der Waals surface area contributed by atoms with E-state index in [1.165, 1.54) is 7.11 Å². The van der Waals surface area contributed by atoms with Gasteiger partial charge in [0.05, 0.1) is 19.1 Å². The Kier molecular flexibility index (Phi) is 5.04. The van der Waals surface area contributed by atoms with Crippen LogP contribution in [-0.2, 0) is 14.3 Å². The zero-order chi connectivity index (χ0) is 18.7. The molecule has 0 saturated heterocycles. The van der Waals surface area contributed by atoms with Crippen LogP contribution in [0.2, 0.25) is 0 Å². The summed E-state index contributed by atoms with van der Waals surface area (Å²) in [6.45, 7) is 1.75. The van der Waals surface area contributed by atoms with Gasteiger partial charge >= 0.3 is 5.97 Å². The van der Waals surface area contributed by atoms with Gasteiger partial charge in [-0.1, -0.05) is 55.5 Å². The molecule has 0 aliphatic heterocycles. The molecule has 1 amide bonds. The average Bonchev–Trinajstić information content (AvgIpc) is 3.00. The molecule has 0 aromatic heterocycles. The molecular formula is C21H20N2O3. The monoisotopic (exact) mass is 348 g/mol. The minimum Gasteiger partial charge on any atom is -0.467 e. The third kappa shape index (κ3) is 3.06. The second-order valence-electron chi connectivity index (χ2n) is 6.46. The number of amides is 1. The van der Waals surface area contributed by atoms with Gasteiger partial charge in [-0.3, -0.25) is 4.79 Å². The topological polar surface area (TPSA) is 79.2 Å². The largest absolute Gasteiger partial charge is 0.467 e. The van der Waals surface area contributed by atoms with Gasteiger partial charge in [0, 0.05) is 12.3 Å².